The molecule has 3 aromatic rings. The predicted molar refractivity (Wildman–Crippen MR) is 99.1 cm³/mol. The lowest BCUT2D eigenvalue weighted by atomic mass is 10.1. The number of terminal acetylenes is 1. The Labute approximate surface area is 149 Å². The van der Waals surface area contributed by atoms with E-state index in [1.807, 2.05) is 36.4 Å². The number of aliphatic hydroxyl groups excluding tert-OH is 1. The number of aromatic nitrogens is 1. The Hall–Kier alpha value is -2.35. The number of aliphatic hydroxyl groups is 1. The first-order valence-corrected chi connectivity index (χ1v) is 8.39. The molecule has 0 saturated carbocycles. The van der Waals surface area contributed by atoms with Crippen molar-refractivity contribution in [2.24, 2.45) is 0 Å². The third kappa shape index (κ3) is 3.94. The molecule has 0 bridgehead atoms. The summed E-state index contributed by atoms with van der Waals surface area (Å²) in [6, 6.07) is 13.9. The van der Waals surface area contributed by atoms with Crippen LogP contribution in [0.1, 0.15) is 12.0 Å². The van der Waals surface area contributed by atoms with Gasteiger partial charge in [0.1, 0.15) is 17.6 Å². The Morgan fingerprint density at radius 1 is 1.17 bits per heavy atom. The van der Waals surface area contributed by atoms with Gasteiger partial charge in [0.15, 0.2) is 0 Å². The van der Waals surface area contributed by atoms with Crippen LogP contribution in [-0.4, -0.2) is 16.2 Å². The maximum atomic E-state index is 9.54. The van der Waals surface area contributed by atoms with Gasteiger partial charge in [0.25, 0.3) is 0 Å². The third-order valence-electron chi connectivity index (χ3n) is 3.74. The fourth-order valence-electron chi connectivity index (χ4n) is 2.46. The Morgan fingerprint density at radius 3 is 2.79 bits per heavy atom. The largest absolute Gasteiger partial charge is 0.457 e. The van der Waals surface area contributed by atoms with Gasteiger partial charge in [-0.2, -0.15) is 0 Å². The average Bonchev–Trinajstić information content (AvgIpc) is 2.60. The van der Waals surface area contributed by atoms with Gasteiger partial charge in [-0.3, -0.25) is 4.98 Å². The second kappa shape index (κ2) is 7.48. The van der Waals surface area contributed by atoms with Crippen molar-refractivity contribution in [3.63, 3.8) is 0 Å². The van der Waals surface area contributed by atoms with Crippen LogP contribution in [0.5, 0.6) is 11.5 Å². The van der Waals surface area contributed by atoms with Gasteiger partial charge in [0.2, 0.25) is 0 Å². The summed E-state index contributed by atoms with van der Waals surface area (Å²) in [5.74, 6) is 3.81. The first-order chi connectivity index (χ1) is 11.7. The lowest BCUT2D eigenvalue weighted by molar-refractivity contribution is 0.222. The Kier molecular flexibility index (Phi) is 5.14. The van der Waals surface area contributed by atoms with Gasteiger partial charge >= 0.3 is 0 Å². The fourth-order valence-corrected chi connectivity index (χ4v) is 2.84. The molecule has 0 fully saturated rings. The molecule has 24 heavy (non-hydrogen) atoms. The van der Waals surface area contributed by atoms with E-state index >= 15 is 0 Å². The number of hydrogen-bond donors (Lipinski definition) is 1. The Morgan fingerprint density at radius 2 is 1.96 bits per heavy atom. The second-order valence-electron chi connectivity index (χ2n) is 5.46. The minimum atomic E-state index is -0.753. The molecule has 0 aliphatic rings. The number of halogens is 1. The van der Waals surface area contributed by atoms with Crippen LogP contribution < -0.4 is 4.74 Å². The molecular weight excluding hydrogens is 366 g/mol. The molecule has 0 aliphatic heterocycles. The summed E-state index contributed by atoms with van der Waals surface area (Å²) < 4.78 is 7.08. The van der Waals surface area contributed by atoms with Crippen LogP contribution in [0.15, 0.2) is 59.3 Å². The van der Waals surface area contributed by atoms with Gasteiger partial charge in [0.05, 0.1) is 0 Å². The van der Waals surface area contributed by atoms with Crippen molar-refractivity contribution < 1.29 is 9.84 Å². The quantitative estimate of drug-likeness (QED) is 0.650. The van der Waals surface area contributed by atoms with Crippen LogP contribution in [0.25, 0.3) is 10.8 Å². The van der Waals surface area contributed by atoms with Crippen molar-refractivity contribution in [3.05, 3.63) is 64.9 Å². The number of nitrogens with zero attached hydrogens (tertiary/aromatic N) is 1. The van der Waals surface area contributed by atoms with E-state index in [0.29, 0.717) is 12.8 Å². The number of pyridine rings is 1. The van der Waals surface area contributed by atoms with Crippen molar-refractivity contribution in [2.45, 2.75) is 18.9 Å². The lowest BCUT2D eigenvalue weighted by Gasteiger charge is -2.12. The molecular formula is C20H16BrNO2. The second-order valence-corrected chi connectivity index (χ2v) is 6.38. The standard InChI is InChI=1S/C20H16BrNO2/c1-2-18(23)7-4-16-13-22-10-9-20(16)24-19-8-5-14-11-17(21)6-3-15(14)12-19/h1,3,5-6,8-13,18,23H,4,7H2. The van der Waals surface area contributed by atoms with Gasteiger partial charge < -0.3 is 9.84 Å². The predicted octanol–water partition coefficient (Wildman–Crippen LogP) is 4.72. The van der Waals surface area contributed by atoms with Crippen LogP contribution in [0.3, 0.4) is 0 Å². The lowest BCUT2D eigenvalue weighted by Crippen LogP contribution is -2.05. The molecule has 3 rings (SSSR count). The Bertz CT molecular complexity index is 902. The van der Waals surface area contributed by atoms with E-state index in [-0.39, 0.29) is 0 Å². The highest BCUT2D eigenvalue weighted by Gasteiger charge is 2.08. The minimum absolute atomic E-state index is 0.476. The van der Waals surface area contributed by atoms with Crippen LogP contribution >= 0.6 is 15.9 Å². The van der Waals surface area contributed by atoms with Crippen molar-refractivity contribution in [3.8, 4) is 23.8 Å². The summed E-state index contributed by atoms with van der Waals surface area (Å²) in [6.07, 6.45) is 8.98. The van der Waals surface area contributed by atoms with Crippen molar-refractivity contribution in [2.75, 3.05) is 0 Å². The number of hydrogen-bond acceptors (Lipinski definition) is 3. The van der Waals surface area contributed by atoms with Crippen LogP contribution in [0, 0.1) is 12.3 Å². The van der Waals surface area contributed by atoms with E-state index in [9.17, 15) is 5.11 Å². The highest BCUT2D eigenvalue weighted by atomic mass is 79.9. The number of aryl methyl sites for hydroxylation is 1. The van der Waals surface area contributed by atoms with Gasteiger partial charge in [-0.15, -0.1) is 6.42 Å². The van der Waals surface area contributed by atoms with Crippen molar-refractivity contribution >= 4 is 26.7 Å². The number of ether oxygens (including phenoxy) is 1. The van der Waals surface area contributed by atoms with E-state index in [1.54, 1.807) is 12.4 Å². The van der Waals surface area contributed by atoms with Crippen LogP contribution in [0.2, 0.25) is 0 Å². The van der Waals surface area contributed by atoms with Gasteiger partial charge in [-0.05, 0) is 53.9 Å². The molecule has 1 atom stereocenters. The zero-order valence-electron chi connectivity index (χ0n) is 12.9. The summed E-state index contributed by atoms with van der Waals surface area (Å²) in [6.45, 7) is 0. The molecule has 120 valence electrons. The highest BCUT2D eigenvalue weighted by Crippen LogP contribution is 2.29. The van der Waals surface area contributed by atoms with Crippen LogP contribution in [0.4, 0.5) is 0 Å². The summed E-state index contributed by atoms with van der Waals surface area (Å²) in [5, 5.41) is 11.8. The molecule has 4 heteroatoms. The molecule has 0 spiro atoms. The molecule has 3 nitrogen and oxygen atoms in total. The molecule has 0 radical (unpaired) electrons. The normalized spacial score (nSPS) is 11.9. The molecule has 1 heterocycles. The summed E-state index contributed by atoms with van der Waals surface area (Å²) in [4.78, 5) is 4.13. The van der Waals surface area contributed by atoms with E-state index < -0.39 is 6.10 Å². The summed E-state index contributed by atoms with van der Waals surface area (Å²) in [7, 11) is 0. The summed E-state index contributed by atoms with van der Waals surface area (Å²) in [5.41, 5.74) is 0.919. The highest BCUT2D eigenvalue weighted by molar-refractivity contribution is 9.10. The van der Waals surface area contributed by atoms with Gasteiger partial charge in [0, 0.05) is 22.4 Å². The maximum absolute atomic E-state index is 9.54. The molecule has 1 unspecified atom stereocenters. The molecule has 0 aliphatic carbocycles. The smallest absolute Gasteiger partial charge is 0.133 e. The summed E-state index contributed by atoms with van der Waals surface area (Å²) >= 11 is 3.48. The number of fused-ring (bicyclic) bond motifs is 1. The Balaban J connectivity index is 1.83. The van der Waals surface area contributed by atoms with E-state index in [0.717, 1.165) is 32.3 Å². The van der Waals surface area contributed by atoms with E-state index in [1.165, 1.54) is 0 Å². The molecule has 0 amide bonds. The first kappa shape index (κ1) is 16.5. The number of rotatable bonds is 5. The zero-order chi connectivity index (χ0) is 16.9. The maximum Gasteiger partial charge on any atom is 0.133 e. The molecule has 0 saturated heterocycles. The van der Waals surface area contributed by atoms with Gasteiger partial charge in [-0.25, -0.2) is 0 Å². The van der Waals surface area contributed by atoms with Crippen molar-refractivity contribution in [1.29, 1.82) is 0 Å². The van der Waals surface area contributed by atoms with Crippen LogP contribution in [-0.2, 0) is 6.42 Å². The van der Waals surface area contributed by atoms with E-state index in [2.05, 4.69) is 32.9 Å². The van der Waals surface area contributed by atoms with Crippen molar-refractivity contribution in [1.82, 2.24) is 4.98 Å². The molecule has 2 aromatic carbocycles. The SMILES string of the molecule is C#CC(O)CCc1cnccc1Oc1ccc2cc(Br)ccc2c1. The number of benzene rings is 2. The molecule has 1 aromatic heterocycles. The third-order valence-corrected chi connectivity index (χ3v) is 4.23. The van der Waals surface area contributed by atoms with E-state index in [4.69, 9.17) is 11.2 Å². The minimum Gasteiger partial charge on any atom is -0.457 e. The average molecular weight is 382 g/mol. The molecule has 1 N–H and O–H groups in total. The monoisotopic (exact) mass is 381 g/mol. The van der Waals surface area contributed by atoms with Gasteiger partial charge in [-0.1, -0.05) is 34.0 Å². The first-order valence-electron chi connectivity index (χ1n) is 7.60. The fraction of sp³-hybridized carbons (Fsp3) is 0.150. The zero-order valence-corrected chi connectivity index (χ0v) is 14.5. The topological polar surface area (TPSA) is 42.4 Å².